The van der Waals surface area contributed by atoms with E-state index in [-0.39, 0.29) is 39.6 Å². The van der Waals surface area contributed by atoms with Crippen molar-refractivity contribution >= 4 is 11.6 Å². The molecule has 0 aliphatic heterocycles. The van der Waals surface area contributed by atoms with Crippen molar-refractivity contribution in [3.8, 4) is 28.2 Å². The van der Waals surface area contributed by atoms with Crippen LogP contribution < -0.4 is 0 Å². The third kappa shape index (κ3) is 5.95. The van der Waals surface area contributed by atoms with Crippen molar-refractivity contribution in [3.05, 3.63) is 83.7 Å². The van der Waals surface area contributed by atoms with Crippen LogP contribution in [-0.4, -0.2) is 52.5 Å². The number of benzene rings is 1. The molecule has 0 bridgehead atoms. The topological polar surface area (TPSA) is 88.5 Å². The second-order valence-electron chi connectivity index (χ2n) is 8.54. The second kappa shape index (κ2) is 11.3. The summed E-state index contributed by atoms with van der Waals surface area (Å²) in [6.07, 6.45) is 1.16. The SMILES string of the molecule is [2H]C([2H])([2H])n1nccc1-c1cn(C(CCOC(F)F)c2ccc(-c3c(-n4cc(C(F)(F)F)nn4)ccc(Cl)c3F)cn2)cn1. The van der Waals surface area contributed by atoms with E-state index in [0.29, 0.717) is 11.9 Å². The Bertz CT molecular complexity index is 1750. The van der Waals surface area contributed by atoms with Crippen LogP contribution in [0.5, 0.6) is 0 Å². The van der Waals surface area contributed by atoms with Crippen LogP contribution >= 0.6 is 11.6 Å². The maximum Gasteiger partial charge on any atom is 0.436 e. The number of imidazole rings is 1. The molecule has 1 atom stereocenters. The molecule has 4 heterocycles. The Balaban J connectivity index is 1.51. The molecular weight excluding hydrogens is 578 g/mol. The first-order chi connectivity index (χ1) is 20.7. The van der Waals surface area contributed by atoms with Crippen LogP contribution in [0.1, 0.15) is 28.0 Å². The zero-order valence-corrected chi connectivity index (χ0v) is 21.2. The third-order valence-corrected chi connectivity index (χ3v) is 6.31. The van der Waals surface area contributed by atoms with Gasteiger partial charge in [-0.25, -0.2) is 14.1 Å². The van der Waals surface area contributed by atoms with Gasteiger partial charge in [0.1, 0.15) is 5.69 Å². The molecule has 1 unspecified atom stereocenters. The fourth-order valence-corrected chi connectivity index (χ4v) is 4.28. The van der Waals surface area contributed by atoms with Crippen LogP contribution in [0.15, 0.2) is 61.4 Å². The number of aromatic nitrogens is 8. The molecule has 0 fully saturated rings. The van der Waals surface area contributed by atoms with Crippen molar-refractivity contribution in [2.45, 2.75) is 25.3 Å². The van der Waals surface area contributed by atoms with Crippen LogP contribution in [0, 0.1) is 5.82 Å². The Labute approximate surface area is 237 Å². The molecule has 1 aromatic carbocycles. The van der Waals surface area contributed by atoms with Gasteiger partial charge in [-0.2, -0.15) is 27.1 Å². The van der Waals surface area contributed by atoms with Crippen molar-refractivity contribution in [2.24, 2.45) is 6.98 Å². The van der Waals surface area contributed by atoms with Crippen LogP contribution in [0.2, 0.25) is 5.02 Å². The summed E-state index contributed by atoms with van der Waals surface area (Å²) in [7, 11) is 0. The minimum Gasteiger partial charge on any atom is -0.328 e. The lowest BCUT2D eigenvalue weighted by Crippen LogP contribution is -2.14. The van der Waals surface area contributed by atoms with E-state index in [9.17, 15) is 22.0 Å². The summed E-state index contributed by atoms with van der Waals surface area (Å²) in [5, 5.41) is 10.1. The molecule has 0 saturated carbocycles. The minimum atomic E-state index is -4.78. The Morgan fingerprint density at radius 1 is 1.10 bits per heavy atom. The lowest BCUT2D eigenvalue weighted by molar-refractivity contribution is -0.141. The number of alkyl halides is 5. The molecule has 0 radical (unpaired) electrons. The van der Waals surface area contributed by atoms with E-state index >= 15 is 4.39 Å². The van der Waals surface area contributed by atoms with Crippen molar-refractivity contribution in [1.29, 1.82) is 0 Å². The average Bonchev–Trinajstić information content (AvgIpc) is 3.73. The van der Waals surface area contributed by atoms with Gasteiger partial charge < -0.3 is 9.30 Å². The number of nitrogens with zero attached hydrogens (tertiary/aromatic N) is 8. The number of pyridine rings is 1. The van der Waals surface area contributed by atoms with Gasteiger partial charge in [0.2, 0.25) is 0 Å². The molecule has 41 heavy (non-hydrogen) atoms. The highest BCUT2D eigenvalue weighted by molar-refractivity contribution is 6.31. The van der Waals surface area contributed by atoms with Gasteiger partial charge in [0.15, 0.2) is 11.5 Å². The number of hydrogen-bond acceptors (Lipinski definition) is 6. The number of hydrogen-bond donors (Lipinski definition) is 0. The fraction of sp³-hybridized carbons (Fsp3) is 0.240. The molecule has 0 spiro atoms. The Kier molecular flexibility index (Phi) is 6.78. The standard InChI is InChI=1S/C25H19ClF6N8O/c1-38-18(6-8-35-38)17-11-39(13-34-17)19(7-9-41-24(28)29)16-4-2-14(10-33-16)22-20(5-3-15(26)23(22)27)40-12-21(36-37-40)25(30,31)32/h2-6,8,10-13,19,24H,7,9H2,1H3/i1D3. The van der Waals surface area contributed by atoms with Gasteiger partial charge in [-0.3, -0.25) is 9.67 Å². The first-order valence-electron chi connectivity index (χ1n) is 13.2. The number of aryl methyl sites for hydroxylation is 1. The summed E-state index contributed by atoms with van der Waals surface area (Å²) in [6, 6.07) is 5.99. The van der Waals surface area contributed by atoms with E-state index in [1.165, 1.54) is 53.8 Å². The predicted octanol–water partition coefficient (Wildman–Crippen LogP) is 5.96. The summed E-state index contributed by atoms with van der Waals surface area (Å²) in [6.45, 7) is -6.01. The fourth-order valence-electron chi connectivity index (χ4n) is 4.12. The van der Waals surface area contributed by atoms with Crippen LogP contribution in [0.4, 0.5) is 26.3 Å². The molecule has 0 aliphatic carbocycles. The first-order valence-corrected chi connectivity index (χ1v) is 12.0. The van der Waals surface area contributed by atoms with E-state index < -0.39 is 43.9 Å². The normalized spacial score (nSPS) is 14.2. The summed E-state index contributed by atoms with van der Waals surface area (Å²) in [4.78, 5) is 8.62. The van der Waals surface area contributed by atoms with Gasteiger partial charge in [0.05, 0.1) is 47.3 Å². The molecule has 16 heteroatoms. The molecule has 0 saturated heterocycles. The largest absolute Gasteiger partial charge is 0.436 e. The van der Waals surface area contributed by atoms with E-state index in [1.807, 2.05) is 0 Å². The number of rotatable bonds is 9. The molecule has 5 aromatic rings. The highest BCUT2D eigenvalue weighted by Gasteiger charge is 2.35. The van der Waals surface area contributed by atoms with E-state index in [2.05, 4.69) is 30.1 Å². The summed E-state index contributed by atoms with van der Waals surface area (Å²) >= 11 is 5.98. The zero-order valence-electron chi connectivity index (χ0n) is 23.5. The minimum absolute atomic E-state index is 0.0268. The number of ether oxygens (including phenoxy) is 1. The van der Waals surface area contributed by atoms with Crippen LogP contribution in [0.25, 0.3) is 28.2 Å². The highest BCUT2D eigenvalue weighted by atomic mass is 35.5. The Morgan fingerprint density at radius 2 is 1.93 bits per heavy atom. The predicted molar refractivity (Wildman–Crippen MR) is 134 cm³/mol. The zero-order chi connectivity index (χ0) is 31.8. The van der Waals surface area contributed by atoms with Gasteiger partial charge in [-0.1, -0.05) is 22.9 Å². The number of halogens is 7. The molecule has 0 N–H and O–H groups in total. The lowest BCUT2D eigenvalue weighted by atomic mass is 10.0. The van der Waals surface area contributed by atoms with Gasteiger partial charge >= 0.3 is 12.8 Å². The van der Waals surface area contributed by atoms with Gasteiger partial charge in [-0.05, 0) is 30.7 Å². The smallest absolute Gasteiger partial charge is 0.328 e. The van der Waals surface area contributed by atoms with E-state index in [4.69, 9.17) is 15.7 Å². The van der Waals surface area contributed by atoms with Crippen molar-refractivity contribution in [3.63, 3.8) is 0 Å². The lowest BCUT2D eigenvalue weighted by Gasteiger charge is -2.19. The molecule has 9 nitrogen and oxygen atoms in total. The summed E-state index contributed by atoms with van der Waals surface area (Å²) in [5.74, 6) is -0.949. The van der Waals surface area contributed by atoms with Gasteiger partial charge in [0.25, 0.3) is 0 Å². The average molecular weight is 600 g/mol. The maximum absolute atomic E-state index is 15.3. The van der Waals surface area contributed by atoms with Crippen molar-refractivity contribution in [2.75, 3.05) is 6.61 Å². The van der Waals surface area contributed by atoms with Crippen LogP contribution in [0.3, 0.4) is 0 Å². The molecule has 0 amide bonds. The third-order valence-electron chi connectivity index (χ3n) is 6.02. The Hall–Kier alpha value is -4.24. The Morgan fingerprint density at radius 3 is 2.61 bits per heavy atom. The molecule has 4 aromatic heterocycles. The summed E-state index contributed by atoms with van der Waals surface area (Å²) < 4.78 is 111. The monoisotopic (exact) mass is 599 g/mol. The maximum atomic E-state index is 15.3. The van der Waals surface area contributed by atoms with E-state index in [0.717, 1.165) is 15.4 Å². The molecule has 0 aliphatic rings. The quantitative estimate of drug-likeness (QED) is 0.194. The second-order valence-corrected chi connectivity index (χ2v) is 8.95. The molecular formula is C25H19ClF6N8O. The van der Waals surface area contributed by atoms with E-state index in [1.54, 1.807) is 0 Å². The van der Waals surface area contributed by atoms with Crippen molar-refractivity contribution < 1.29 is 35.2 Å². The first kappa shape index (κ1) is 24.5. The molecule has 214 valence electrons. The highest BCUT2D eigenvalue weighted by Crippen LogP contribution is 2.35. The van der Waals surface area contributed by atoms with Crippen molar-refractivity contribution in [1.82, 2.24) is 39.3 Å². The summed E-state index contributed by atoms with van der Waals surface area (Å²) in [5.41, 5.74) is -0.783. The van der Waals surface area contributed by atoms with Gasteiger partial charge in [-0.15, -0.1) is 5.10 Å². The van der Waals surface area contributed by atoms with Gasteiger partial charge in [0, 0.05) is 40.8 Å². The molecule has 5 rings (SSSR count). The van der Waals surface area contributed by atoms with Crippen LogP contribution in [-0.2, 0) is 17.9 Å².